The molecule has 0 saturated carbocycles. The molecule has 0 aliphatic heterocycles. The van der Waals surface area contributed by atoms with Gasteiger partial charge in [0.05, 0.1) is 5.75 Å². The molecule has 0 aliphatic carbocycles. The van der Waals surface area contributed by atoms with Crippen LogP contribution in [0.4, 0.5) is 0 Å². The van der Waals surface area contributed by atoms with E-state index in [1.54, 1.807) is 24.3 Å². The van der Waals surface area contributed by atoms with Crippen molar-refractivity contribution >= 4 is 20.7 Å². The van der Waals surface area contributed by atoms with E-state index in [9.17, 15) is 13.2 Å². The van der Waals surface area contributed by atoms with Gasteiger partial charge in [0.2, 0.25) is 5.43 Å². The maximum atomic E-state index is 12.0. The molecule has 0 spiro atoms. The van der Waals surface area contributed by atoms with E-state index in [4.69, 9.17) is 0 Å². The molecule has 0 fully saturated rings. The zero-order valence-electron chi connectivity index (χ0n) is 9.01. The van der Waals surface area contributed by atoms with Crippen molar-refractivity contribution in [3.05, 3.63) is 53.3 Å². The summed E-state index contributed by atoms with van der Waals surface area (Å²) in [6.07, 6.45) is 2.51. The van der Waals surface area contributed by atoms with Crippen LogP contribution in [0.5, 0.6) is 0 Å². The second kappa shape index (κ2) is 4.18. The van der Waals surface area contributed by atoms with Crippen molar-refractivity contribution in [1.82, 2.24) is 4.98 Å². The molecule has 0 radical (unpaired) electrons. The maximum Gasteiger partial charge on any atom is 0.208 e. The number of aromatic amines is 1. The SMILES string of the molecule is C=CCS(=O)(=O)c1c[nH]c2ccccc2c1=O. The van der Waals surface area contributed by atoms with Crippen LogP contribution in [0.1, 0.15) is 0 Å². The third-order valence-corrected chi connectivity index (χ3v) is 4.07. The summed E-state index contributed by atoms with van der Waals surface area (Å²) in [5.74, 6) is -0.242. The molecule has 17 heavy (non-hydrogen) atoms. The van der Waals surface area contributed by atoms with Gasteiger partial charge < -0.3 is 4.98 Å². The van der Waals surface area contributed by atoms with Gasteiger partial charge in [-0.2, -0.15) is 0 Å². The second-order valence-corrected chi connectivity index (χ2v) is 5.60. The Hall–Kier alpha value is -1.88. The molecule has 2 aromatic rings. The van der Waals surface area contributed by atoms with E-state index in [1.165, 1.54) is 12.3 Å². The predicted molar refractivity (Wildman–Crippen MR) is 66.8 cm³/mol. The zero-order valence-corrected chi connectivity index (χ0v) is 9.83. The van der Waals surface area contributed by atoms with Crippen molar-refractivity contribution in [3.8, 4) is 0 Å². The lowest BCUT2D eigenvalue weighted by atomic mass is 10.2. The number of hydrogen-bond donors (Lipinski definition) is 1. The van der Waals surface area contributed by atoms with Crippen LogP contribution < -0.4 is 5.43 Å². The van der Waals surface area contributed by atoms with Crippen molar-refractivity contribution in [2.45, 2.75) is 4.90 Å². The Bertz CT molecular complexity index is 729. The molecule has 0 atom stereocenters. The lowest BCUT2D eigenvalue weighted by Gasteiger charge is -2.02. The number of sulfone groups is 1. The van der Waals surface area contributed by atoms with Gasteiger partial charge in [-0.25, -0.2) is 8.42 Å². The van der Waals surface area contributed by atoms with E-state index in [1.807, 2.05) is 0 Å². The molecule has 0 amide bonds. The smallest absolute Gasteiger partial charge is 0.208 e. The van der Waals surface area contributed by atoms with Crippen LogP contribution in [0.2, 0.25) is 0 Å². The van der Waals surface area contributed by atoms with E-state index < -0.39 is 15.3 Å². The minimum Gasteiger partial charge on any atom is -0.360 e. The van der Waals surface area contributed by atoms with Crippen LogP contribution in [-0.4, -0.2) is 19.2 Å². The van der Waals surface area contributed by atoms with Crippen molar-refractivity contribution in [1.29, 1.82) is 0 Å². The Kier molecular flexibility index (Phi) is 2.85. The highest BCUT2D eigenvalue weighted by atomic mass is 32.2. The number of aromatic nitrogens is 1. The summed E-state index contributed by atoms with van der Waals surface area (Å²) in [4.78, 5) is 14.6. The highest BCUT2D eigenvalue weighted by Crippen LogP contribution is 2.11. The van der Waals surface area contributed by atoms with Gasteiger partial charge in [0.15, 0.2) is 9.84 Å². The van der Waals surface area contributed by atoms with E-state index in [0.717, 1.165) is 0 Å². The standard InChI is InChI=1S/C12H11NO3S/c1-2-7-17(15,16)11-8-13-10-6-4-3-5-9(10)12(11)14/h2-6,8H,1,7H2,(H,13,14). The molecule has 4 nitrogen and oxygen atoms in total. The summed E-state index contributed by atoms with van der Waals surface area (Å²) < 4.78 is 23.6. The number of benzene rings is 1. The van der Waals surface area contributed by atoms with Crippen LogP contribution in [0.25, 0.3) is 10.9 Å². The molecule has 1 aromatic heterocycles. The number of H-pyrrole nitrogens is 1. The van der Waals surface area contributed by atoms with Crippen LogP contribution >= 0.6 is 0 Å². The Morgan fingerprint density at radius 2 is 2.00 bits per heavy atom. The third-order valence-electron chi connectivity index (χ3n) is 2.43. The Balaban J connectivity index is 2.78. The van der Waals surface area contributed by atoms with Gasteiger partial charge in [-0.05, 0) is 12.1 Å². The fourth-order valence-corrected chi connectivity index (χ4v) is 2.75. The lowest BCUT2D eigenvalue weighted by Crippen LogP contribution is -2.17. The first kappa shape index (κ1) is 11.6. The molecule has 1 aromatic carbocycles. The number of nitrogens with one attached hydrogen (secondary N) is 1. The Labute approximate surface area is 98.5 Å². The molecule has 0 saturated heterocycles. The number of pyridine rings is 1. The van der Waals surface area contributed by atoms with Gasteiger partial charge in [0.1, 0.15) is 4.90 Å². The molecule has 5 heteroatoms. The number of fused-ring (bicyclic) bond motifs is 1. The maximum absolute atomic E-state index is 12.0. The van der Waals surface area contributed by atoms with Gasteiger partial charge in [-0.15, -0.1) is 6.58 Å². The van der Waals surface area contributed by atoms with Gasteiger partial charge >= 0.3 is 0 Å². The highest BCUT2D eigenvalue weighted by molar-refractivity contribution is 7.91. The predicted octanol–water partition coefficient (Wildman–Crippen LogP) is 1.49. The number of rotatable bonds is 3. The third kappa shape index (κ3) is 2.01. The molecule has 88 valence electrons. The van der Waals surface area contributed by atoms with Gasteiger partial charge in [-0.3, -0.25) is 4.79 Å². The Morgan fingerprint density at radius 3 is 2.71 bits per heavy atom. The second-order valence-electron chi connectivity index (χ2n) is 3.60. The summed E-state index contributed by atoms with van der Waals surface area (Å²) in [5.41, 5.74) is 0.149. The van der Waals surface area contributed by atoms with E-state index in [2.05, 4.69) is 11.6 Å². The van der Waals surface area contributed by atoms with E-state index in [0.29, 0.717) is 10.9 Å². The average molecular weight is 249 g/mol. The molecule has 0 unspecified atom stereocenters. The summed E-state index contributed by atoms with van der Waals surface area (Å²) in [6, 6.07) is 6.79. The normalized spacial score (nSPS) is 11.5. The molecule has 2 rings (SSSR count). The topological polar surface area (TPSA) is 67.0 Å². The van der Waals surface area contributed by atoms with Gasteiger partial charge in [0, 0.05) is 17.1 Å². The summed E-state index contributed by atoms with van der Waals surface area (Å²) in [6.45, 7) is 3.37. The van der Waals surface area contributed by atoms with Crippen LogP contribution in [0.3, 0.4) is 0 Å². The Morgan fingerprint density at radius 1 is 1.29 bits per heavy atom. The quantitative estimate of drug-likeness (QED) is 0.838. The summed E-state index contributed by atoms with van der Waals surface area (Å²) in [7, 11) is -3.59. The van der Waals surface area contributed by atoms with Gasteiger partial charge in [-0.1, -0.05) is 18.2 Å². The minimum atomic E-state index is -3.59. The fraction of sp³-hybridized carbons (Fsp3) is 0.0833. The van der Waals surface area contributed by atoms with Crippen molar-refractivity contribution in [2.75, 3.05) is 5.75 Å². The molecule has 0 bridgehead atoms. The average Bonchev–Trinajstić information content (AvgIpc) is 2.29. The molecule has 1 heterocycles. The molecular weight excluding hydrogens is 238 g/mol. The molecule has 1 N–H and O–H groups in total. The number of para-hydroxylation sites is 1. The summed E-state index contributed by atoms with van der Waals surface area (Å²) >= 11 is 0. The largest absolute Gasteiger partial charge is 0.360 e. The van der Waals surface area contributed by atoms with Crippen LogP contribution in [0.15, 0.2) is 52.8 Å². The monoisotopic (exact) mass is 249 g/mol. The fourth-order valence-electron chi connectivity index (χ4n) is 1.62. The highest BCUT2D eigenvalue weighted by Gasteiger charge is 2.17. The van der Waals surface area contributed by atoms with Crippen molar-refractivity contribution in [2.24, 2.45) is 0 Å². The van der Waals surface area contributed by atoms with Crippen LogP contribution in [0, 0.1) is 0 Å². The van der Waals surface area contributed by atoms with E-state index >= 15 is 0 Å². The first-order chi connectivity index (χ1) is 8.06. The van der Waals surface area contributed by atoms with E-state index in [-0.39, 0.29) is 10.6 Å². The van der Waals surface area contributed by atoms with Crippen molar-refractivity contribution in [3.63, 3.8) is 0 Å². The van der Waals surface area contributed by atoms with Gasteiger partial charge in [0.25, 0.3) is 0 Å². The lowest BCUT2D eigenvalue weighted by molar-refractivity contribution is 0.598. The first-order valence-electron chi connectivity index (χ1n) is 5.00. The van der Waals surface area contributed by atoms with Crippen molar-refractivity contribution < 1.29 is 8.42 Å². The summed E-state index contributed by atoms with van der Waals surface area (Å²) in [5, 5.41) is 0.373. The molecule has 0 aliphatic rings. The number of hydrogen-bond acceptors (Lipinski definition) is 3. The first-order valence-corrected chi connectivity index (χ1v) is 6.65. The zero-order chi connectivity index (χ0) is 12.5. The van der Waals surface area contributed by atoms with Crippen LogP contribution in [-0.2, 0) is 9.84 Å². The minimum absolute atomic E-state index is 0.212. The molecular formula is C12H11NO3S.